The topological polar surface area (TPSA) is 66.8 Å². The van der Waals surface area contributed by atoms with Gasteiger partial charge in [-0.3, -0.25) is 4.79 Å². The summed E-state index contributed by atoms with van der Waals surface area (Å²) in [7, 11) is 0. The maximum atomic E-state index is 10.2. The Kier molecular flexibility index (Phi) is 4.25. The van der Waals surface area contributed by atoms with Gasteiger partial charge in [0.25, 0.3) is 0 Å². The first-order valence-corrected chi connectivity index (χ1v) is 3.55. The van der Waals surface area contributed by atoms with E-state index in [1.807, 2.05) is 0 Å². The fourth-order valence-electron chi connectivity index (χ4n) is 0.484. The first kappa shape index (κ1) is 10.6. The molecular weight excluding hydrogens is 148 g/mol. The normalized spacial score (nSPS) is 18.9. The Labute approximate surface area is 65.8 Å². The average molecular weight is 162 g/mol. The predicted octanol–water partition coefficient (Wildman–Crippen LogP) is -0.319. The van der Waals surface area contributed by atoms with Crippen LogP contribution in [0, 0.1) is 0 Å². The van der Waals surface area contributed by atoms with E-state index < -0.39 is 11.9 Å². The summed E-state index contributed by atoms with van der Waals surface area (Å²) in [5.41, 5.74) is 0. The van der Waals surface area contributed by atoms with Crippen molar-refractivity contribution in [2.45, 2.75) is 32.2 Å². The summed E-state index contributed by atoms with van der Waals surface area (Å²) >= 11 is 0. The number of rotatable bonds is 5. The SMILES string of the molecule is CCC(O)(C=O)OCC(C)O. The zero-order valence-corrected chi connectivity index (χ0v) is 6.78. The number of aliphatic hydroxyl groups is 2. The summed E-state index contributed by atoms with van der Waals surface area (Å²) in [6.45, 7) is 3.10. The highest BCUT2D eigenvalue weighted by Gasteiger charge is 2.24. The number of carbonyl (C=O) groups is 1. The van der Waals surface area contributed by atoms with Gasteiger partial charge in [0.05, 0.1) is 12.7 Å². The molecule has 2 unspecified atom stereocenters. The van der Waals surface area contributed by atoms with Gasteiger partial charge in [-0.1, -0.05) is 6.92 Å². The third-order valence-electron chi connectivity index (χ3n) is 1.27. The van der Waals surface area contributed by atoms with Crippen LogP contribution in [0.2, 0.25) is 0 Å². The highest BCUT2D eigenvalue weighted by atomic mass is 16.6. The number of hydrogen-bond acceptors (Lipinski definition) is 4. The largest absolute Gasteiger partial charge is 0.391 e. The van der Waals surface area contributed by atoms with E-state index in [1.165, 1.54) is 6.92 Å². The van der Waals surface area contributed by atoms with Gasteiger partial charge in [0.2, 0.25) is 5.79 Å². The predicted molar refractivity (Wildman–Crippen MR) is 38.9 cm³/mol. The van der Waals surface area contributed by atoms with Crippen LogP contribution < -0.4 is 0 Å². The zero-order chi connectivity index (χ0) is 8.91. The van der Waals surface area contributed by atoms with Gasteiger partial charge in [0.15, 0.2) is 6.29 Å². The van der Waals surface area contributed by atoms with Crippen LogP contribution in [0.4, 0.5) is 0 Å². The Morgan fingerprint density at radius 2 is 2.27 bits per heavy atom. The van der Waals surface area contributed by atoms with Gasteiger partial charge in [-0.25, -0.2) is 0 Å². The number of ether oxygens (including phenoxy) is 1. The Hall–Kier alpha value is -0.450. The first-order chi connectivity index (χ1) is 5.04. The Morgan fingerprint density at radius 1 is 1.73 bits per heavy atom. The summed E-state index contributed by atoms with van der Waals surface area (Å²) in [5, 5.41) is 17.9. The van der Waals surface area contributed by atoms with Crippen molar-refractivity contribution in [3.8, 4) is 0 Å². The van der Waals surface area contributed by atoms with Crippen molar-refractivity contribution in [2.75, 3.05) is 6.61 Å². The van der Waals surface area contributed by atoms with Crippen LogP contribution in [0.3, 0.4) is 0 Å². The molecule has 2 N–H and O–H groups in total. The number of aldehydes is 1. The molecule has 0 aliphatic carbocycles. The maximum Gasteiger partial charge on any atom is 0.223 e. The summed E-state index contributed by atoms with van der Waals surface area (Å²) in [4.78, 5) is 10.2. The van der Waals surface area contributed by atoms with E-state index in [9.17, 15) is 9.90 Å². The molecular formula is C7H14O4. The van der Waals surface area contributed by atoms with Gasteiger partial charge in [-0.05, 0) is 6.92 Å². The second kappa shape index (κ2) is 4.43. The molecule has 0 spiro atoms. The van der Waals surface area contributed by atoms with Crippen LogP contribution in [0.25, 0.3) is 0 Å². The van der Waals surface area contributed by atoms with Gasteiger partial charge in [-0.2, -0.15) is 0 Å². The third-order valence-corrected chi connectivity index (χ3v) is 1.27. The zero-order valence-electron chi connectivity index (χ0n) is 6.78. The molecule has 0 fully saturated rings. The first-order valence-electron chi connectivity index (χ1n) is 3.55. The molecule has 0 aromatic carbocycles. The molecule has 0 heterocycles. The number of aliphatic hydroxyl groups excluding tert-OH is 1. The van der Waals surface area contributed by atoms with Gasteiger partial charge >= 0.3 is 0 Å². The third kappa shape index (κ3) is 4.08. The molecule has 4 heteroatoms. The second-order valence-electron chi connectivity index (χ2n) is 2.48. The molecule has 0 bridgehead atoms. The monoisotopic (exact) mass is 162 g/mol. The van der Waals surface area contributed by atoms with Crippen LogP contribution in [-0.2, 0) is 9.53 Å². The van der Waals surface area contributed by atoms with Crippen molar-refractivity contribution in [3.63, 3.8) is 0 Å². The summed E-state index contributed by atoms with van der Waals surface area (Å²) in [6.07, 6.45) is -0.161. The molecule has 0 rings (SSSR count). The molecule has 0 saturated heterocycles. The van der Waals surface area contributed by atoms with Gasteiger partial charge in [0.1, 0.15) is 0 Å². The van der Waals surface area contributed by atoms with E-state index in [4.69, 9.17) is 9.84 Å². The van der Waals surface area contributed by atoms with E-state index >= 15 is 0 Å². The lowest BCUT2D eigenvalue weighted by Crippen LogP contribution is -2.35. The molecule has 2 atom stereocenters. The maximum absolute atomic E-state index is 10.2. The van der Waals surface area contributed by atoms with Crippen molar-refractivity contribution in [2.24, 2.45) is 0 Å². The van der Waals surface area contributed by atoms with Crippen LogP contribution in [-0.4, -0.2) is 35.0 Å². The Morgan fingerprint density at radius 3 is 2.55 bits per heavy atom. The molecule has 0 radical (unpaired) electrons. The van der Waals surface area contributed by atoms with E-state index in [2.05, 4.69) is 0 Å². The molecule has 66 valence electrons. The molecule has 0 aliphatic rings. The van der Waals surface area contributed by atoms with Crippen LogP contribution >= 0.6 is 0 Å². The van der Waals surface area contributed by atoms with Crippen molar-refractivity contribution in [3.05, 3.63) is 0 Å². The average Bonchev–Trinajstić information content (AvgIpc) is 2.00. The molecule has 0 aromatic rings. The van der Waals surface area contributed by atoms with Crippen LogP contribution in [0.5, 0.6) is 0 Å². The lowest BCUT2D eigenvalue weighted by molar-refractivity contribution is -0.202. The van der Waals surface area contributed by atoms with E-state index in [0.29, 0.717) is 6.29 Å². The highest BCUT2D eigenvalue weighted by molar-refractivity contribution is 5.59. The van der Waals surface area contributed by atoms with E-state index in [-0.39, 0.29) is 13.0 Å². The highest BCUT2D eigenvalue weighted by Crippen LogP contribution is 2.08. The van der Waals surface area contributed by atoms with Crippen LogP contribution in [0.15, 0.2) is 0 Å². The number of hydrogen-bond donors (Lipinski definition) is 2. The molecule has 0 amide bonds. The van der Waals surface area contributed by atoms with E-state index in [1.54, 1.807) is 6.92 Å². The van der Waals surface area contributed by atoms with Crippen LogP contribution in [0.1, 0.15) is 20.3 Å². The lowest BCUT2D eigenvalue weighted by atomic mass is 10.2. The standard InChI is InChI=1S/C7H14O4/c1-3-7(10,5-8)11-4-6(2)9/h5-6,9-10H,3-4H2,1-2H3. The van der Waals surface area contributed by atoms with Crippen molar-refractivity contribution in [1.29, 1.82) is 0 Å². The van der Waals surface area contributed by atoms with Crippen molar-refractivity contribution < 1.29 is 19.7 Å². The number of carbonyl (C=O) groups excluding carboxylic acids is 1. The fraction of sp³-hybridized carbons (Fsp3) is 0.857. The molecule has 4 nitrogen and oxygen atoms in total. The summed E-state index contributed by atoms with van der Waals surface area (Å²) in [6, 6.07) is 0. The molecule has 0 saturated carbocycles. The van der Waals surface area contributed by atoms with Gasteiger partial charge < -0.3 is 14.9 Å². The molecule has 0 aromatic heterocycles. The quantitative estimate of drug-likeness (QED) is 0.429. The van der Waals surface area contributed by atoms with E-state index in [0.717, 1.165) is 0 Å². The minimum absolute atomic E-state index is 0.0386. The molecule has 11 heavy (non-hydrogen) atoms. The summed E-state index contributed by atoms with van der Waals surface area (Å²) < 4.78 is 4.73. The summed E-state index contributed by atoms with van der Waals surface area (Å²) in [5.74, 6) is -1.73. The Balaban J connectivity index is 3.78. The smallest absolute Gasteiger partial charge is 0.223 e. The fourth-order valence-corrected chi connectivity index (χ4v) is 0.484. The molecule has 0 aliphatic heterocycles. The minimum Gasteiger partial charge on any atom is -0.391 e. The lowest BCUT2D eigenvalue weighted by Gasteiger charge is -2.20. The van der Waals surface area contributed by atoms with Gasteiger partial charge in [0, 0.05) is 6.42 Å². The Bertz CT molecular complexity index is 124. The minimum atomic E-state index is -1.73. The van der Waals surface area contributed by atoms with Crippen molar-refractivity contribution in [1.82, 2.24) is 0 Å². The van der Waals surface area contributed by atoms with Crippen molar-refractivity contribution >= 4 is 6.29 Å². The second-order valence-corrected chi connectivity index (χ2v) is 2.48. The van der Waals surface area contributed by atoms with Gasteiger partial charge in [-0.15, -0.1) is 0 Å².